The van der Waals surface area contributed by atoms with Crippen LogP contribution in [0.2, 0.25) is 0 Å². The van der Waals surface area contributed by atoms with Crippen molar-refractivity contribution >= 4 is 0 Å². The van der Waals surface area contributed by atoms with Crippen LogP contribution in [0.25, 0.3) is 0 Å². The highest BCUT2D eigenvalue weighted by atomic mass is 16.5. The minimum atomic E-state index is -0.571. The summed E-state index contributed by atoms with van der Waals surface area (Å²) in [4.78, 5) is 0. The number of benzene rings is 1. The SMILES string of the molecule is Cc1ccc(OCC(O)CNCc2ccno2)c(C)c1. The molecule has 0 amide bonds. The molecule has 0 saturated carbocycles. The molecule has 2 rings (SSSR count). The standard InChI is InChI=1S/C15H20N2O3/c1-11-3-4-15(12(2)7-11)19-10-13(18)8-16-9-14-5-6-17-20-14/h3-7,13,16,18H,8-10H2,1-2H3. The second-order valence-corrected chi connectivity index (χ2v) is 4.84. The van der Waals surface area contributed by atoms with Crippen molar-refractivity contribution in [2.45, 2.75) is 26.5 Å². The van der Waals surface area contributed by atoms with Gasteiger partial charge in [0.25, 0.3) is 0 Å². The predicted molar refractivity (Wildman–Crippen MR) is 75.6 cm³/mol. The van der Waals surface area contributed by atoms with E-state index in [1.807, 2.05) is 26.0 Å². The molecule has 108 valence electrons. The number of ether oxygens (including phenoxy) is 1. The van der Waals surface area contributed by atoms with Gasteiger partial charge in [0.05, 0.1) is 12.7 Å². The first-order valence-electron chi connectivity index (χ1n) is 6.63. The third-order valence-electron chi connectivity index (χ3n) is 2.93. The summed E-state index contributed by atoms with van der Waals surface area (Å²) >= 11 is 0. The molecular weight excluding hydrogens is 256 g/mol. The van der Waals surface area contributed by atoms with Crippen molar-refractivity contribution in [1.82, 2.24) is 10.5 Å². The molecule has 0 radical (unpaired) electrons. The highest BCUT2D eigenvalue weighted by Gasteiger charge is 2.07. The molecule has 1 aromatic carbocycles. The van der Waals surface area contributed by atoms with Gasteiger partial charge in [-0.25, -0.2) is 0 Å². The first-order chi connectivity index (χ1) is 9.65. The maximum Gasteiger partial charge on any atom is 0.150 e. The molecule has 2 aromatic rings. The summed E-state index contributed by atoms with van der Waals surface area (Å²) in [5, 5.41) is 16.5. The predicted octanol–water partition coefficient (Wildman–Crippen LogP) is 1.82. The highest BCUT2D eigenvalue weighted by Crippen LogP contribution is 2.18. The minimum absolute atomic E-state index is 0.257. The van der Waals surface area contributed by atoms with Gasteiger partial charge >= 0.3 is 0 Å². The van der Waals surface area contributed by atoms with Crippen molar-refractivity contribution in [1.29, 1.82) is 0 Å². The van der Waals surface area contributed by atoms with Crippen LogP contribution in [-0.2, 0) is 6.54 Å². The van der Waals surface area contributed by atoms with Crippen molar-refractivity contribution in [3.8, 4) is 5.75 Å². The smallest absolute Gasteiger partial charge is 0.150 e. The first-order valence-corrected chi connectivity index (χ1v) is 6.63. The zero-order chi connectivity index (χ0) is 14.4. The molecule has 0 saturated heterocycles. The number of nitrogens with zero attached hydrogens (tertiary/aromatic N) is 1. The van der Waals surface area contributed by atoms with Crippen LogP contribution in [0.15, 0.2) is 35.0 Å². The maximum absolute atomic E-state index is 9.85. The van der Waals surface area contributed by atoms with Gasteiger partial charge in [0.2, 0.25) is 0 Å². The topological polar surface area (TPSA) is 67.5 Å². The molecule has 0 fully saturated rings. The highest BCUT2D eigenvalue weighted by molar-refractivity contribution is 5.35. The summed E-state index contributed by atoms with van der Waals surface area (Å²) in [6.45, 7) is 5.27. The lowest BCUT2D eigenvalue weighted by Gasteiger charge is -2.14. The number of nitrogens with one attached hydrogen (secondary N) is 1. The molecule has 0 bridgehead atoms. The molecular formula is C15H20N2O3. The Bertz CT molecular complexity index is 526. The van der Waals surface area contributed by atoms with Gasteiger partial charge in [-0.05, 0) is 25.5 Å². The largest absolute Gasteiger partial charge is 0.491 e. The molecule has 2 N–H and O–H groups in total. The van der Waals surface area contributed by atoms with Crippen LogP contribution in [-0.4, -0.2) is 29.5 Å². The number of hydrogen-bond donors (Lipinski definition) is 2. The fourth-order valence-corrected chi connectivity index (χ4v) is 1.90. The van der Waals surface area contributed by atoms with E-state index in [2.05, 4.69) is 16.5 Å². The fourth-order valence-electron chi connectivity index (χ4n) is 1.90. The number of aromatic nitrogens is 1. The Morgan fingerprint density at radius 1 is 1.35 bits per heavy atom. The van der Waals surface area contributed by atoms with Crippen LogP contribution in [0.5, 0.6) is 5.75 Å². The molecule has 1 heterocycles. The van der Waals surface area contributed by atoms with Crippen molar-refractivity contribution in [3.05, 3.63) is 47.3 Å². The van der Waals surface area contributed by atoms with Gasteiger partial charge < -0.3 is 19.7 Å². The lowest BCUT2D eigenvalue weighted by molar-refractivity contribution is 0.105. The average Bonchev–Trinajstić information content (AvgIpc) is 2.91. The molecule has 1 atom stereocenters. The van der Waals surface area contributed by atoms with Gasteiger partial charge in [-0.1, -0.05) is 22.9 Å². The van der Waals surface area contributed by atoms with Crippen LogP contribution in [0, 0.1) is 13.8 Å². The van der Waals surface area contributed by atoms with Crippen LogP contribution < -0.4 is 10.1 Å². The van der Waals surface area contributed by atoms with E-state index >= 15 is 0 Å². The van der Waals surface area contributed by atoms with E-state index in [0.29, 0.717) is 13.1 Å². The van der Waals surface area contributed by atoms with Gasteiger partial charge in [0, 0.05) is 12.6 Å². The Labute approximate surface area is 118 Å². The summed E-state index contributed by atoms with van der Waals surface area (Å²) in [5.41, 5.74) is 2.27. The van der Waals surface area contributed by atoms with Gasteiger partial charge in [0.1, 0.15) is 24.2 Å². The number of aliphatic hydroxyl groups excluding tert-OH is 1. The molecule has 0 aliphatic heterocycles. The van der Waals surface area contributed by atoms with Crippen LogP contribution in [0.1, 0.15) is 16.9 Å². The second-order valence-electron chi connectivity index (χ2n) is 4.84. The maximum atomic E-state index is 9.85. The van der Waals surface area contributed by atoms with E-state index in [0.717, 1.165) is 17.1 Å². The van der Waals surface area contributed by atoms with Crippen molar-refractivity contribution in [3.63, 3.8) is 0 Å². The summed E-state index contributed by atoms with van der Waals surface area (Å²) in [6.07, 6.45) is 1.02. The molecule has 1 unspecified atom stereocenters. The van der Waals surface area contributed by atoms with E-state index in [1.165, 1.54) is 5.56 Å². The van der Waals surface area contributed by atoms with E-state index in [1.54, 1.807) is 12.3 Å². The first kappa shape index (κ1) is 14.6. The van der Waals surface area contributed by atoms with Crippen molar-refractivity contribution in [2.75, 3.05) is 13.2 Å². The zero-order valence-electron chi connectivity index (χ0n) is 11.8. The van der Waals surface area contributed by atoms with Crippen molar-refractivity contribution in [2.24, 2.45) is 0 Å². The Kier molecular flexibility index (Phi) is 5.15. The summed E-state index contributed by atoms with van der Waals surface area (Å²) in [7, 11) is 0. The van der Waals surface area contributed by atoms with Crippen LogP contribution in [0.4, 0.5) is 0 Å². The quantitative estimate of drug-likeness (QED) is 0.807. The second kappa shape index (κ2) is 7.07. The summed E-state index contributed by atoms with van der Waals surface area (Å²) < 4.78 is 10.6. The van der Waals surface area contributed by atoms with Crippen LogP contribution in [0.3, 0.4) is 0 Å². The third kappa shape index (κ3) is 4.36. The zero-order valence-corrected chi connectivity index (χ0v) is 11.8. The van der Waals surface area contributed by atoms with Gasteiger partial charge in [-0.15, -0.1) is 0 Å². The average molecular weight is 276 g/mol. The number of aryl methyl sites for hydroxylation is 2. The normalized spacial score (nSPS) is 12.3. The Hall–Kier alpha value is -1.85. The lowest BCUT2D eigenvalue weighted by Crippen LogP contribution is -2.31. The summed E-state index contributed by atoms with van der Waals surface area (Å²) in [5.74, 6) is 1.55. The number of rotatable bonds is 7. The number of aliphatic hydroxyl groups is 1. The molecule has 5 heteroatoms. The molecule has 5 nitrogen and oxygen atoms in total. The molecule has 0 aliphatic rings. The van der Waals surface area contributed by atoms with Gasteiger partial charge in [-0.2, -0.15) is 0 Å². The van der Waals surface area contributed by atoms with E-state index < -0.39 is 6.10 Å². The molecule has 20 heavy (non-hydrogen) atoms. The van der Waals surface area contributed by atoms with E-state index in [-0.39, 0.29) is 6.61 Å². The van der Waals surface area contributed by atoms with E-state index in [9.17, 15) is 5.11 Å². The Balaban J connectivity index is 1.70. The third-order valence-corrected chi connectivity index (χ3v) is 2.93. The van der Waals surface area contributed by atoms with Gasteiger partial charge in [-0.3, -0.25) is 0 Å². The van der Waals surface area contributed by atoms with Crippen molar-refractivity contribution < 1.29 is 14.4 Å². The monoisotopic (exact) mass is 276 g/mol. The Morgan fingerprint density at radius 2 is 2.20 bits per heavy atom. The fraction of sp³-hybridized carbons (Fsp3) is 0.400. The van der Waals surface area contributed by atoms with Gasteiger partial charge in [0.15, 0.2) is 0 Å². The molecule has 1 aromatic heterocycles. The minimum Gasteiger partial charge on any atom is -0.491 e. The molecule has 0 aliphatic carbocycles. The Morgan fingerprint density at radius 3 is 2.90 bits per heavy atom. The lowest BCUT2D eigenvalue weighted by atomic mass is 10.1. The van der Waals surface area contributed by atoms with E-state index in [4.69, 9.17) is 9.26 Å². The number of hydrogen-bond acceptors (Lipinski definition) is 5. The summed E-state index contributed by atoms with van der Waals surface area (Å²) in [6, 6.07) is 7.77. The van der Waals surface area contributed by atoms with Crippen LogP contribution >= 0.6 is 0 Å². The molecule has 0 spiro atoms.